The minimum Gasteiger partial charge on any atom is -0.463 e. The van der Waals surface area contributed by atoms with Gasteiger partial charge >= 0.3 is 5.97 Å². The zero-order chi connectivity index (χ0) is 11.4. The lowest BCUT2D eigenvalue weighted by molar-refractivity contribution is -0.145. The molecule has 0 aliphatic carbocycles. The van der Waals surface area contributed by atoms with Crippen LogP contribution in [0.5, 0.6) is 0 Å². The minimum absolute atomic E-state index is 0.00365. The molecule has 6 heteroatoms. The summed E-state index contributed by atoms with van der Waals surface area (Å²) in [6, 6.07) is 0. The number of Topliss-reactive ketones (excluding diaryl/α,β-unsaturated/α-hetero) is 1. The molecule has 2 heterocycles. The Hall–Kier alpha value is -0.980. The fraction of sp³-hybridized carbons (Fsp3) is 0.800. The van der Waals surface area contributed by atoms with Crippen LogP contribution in [0.3, 0.4) is 0 Å². The molecule has 0 aromatic carbocycles. The zero-order valence-electron chi connectivity index (χ0n) is 8.85. The van der Waals surface area contributed by atoms with E-state index in [-0.39, 0.29) is 43.6 Å². The van der Waals surface area contributed by atoms with Crippen LogP contribution < -0.4 is 0 Å². The maximum absolute atomic E-state index is 11.2. The van der Waals surface area contributed by atoms with Gasteiger partial charge in [-0.05, 0) is 0 Å². The Balaban J connectivity index is 1.47. The van der Waals surface area contributed by atoms with E-state index in [0.717, 1.165) is 0 Å². The van der Waals surface area contributed by atoms with E-state index in [1.807, 2.05) is 0 Å². The first kappa shape index (κ1) is 11.5. The molecule has 2 unspecified atom stereocenters. The molecule has 0 aromatic rings. The summed E-state index contributed by atoms with van der Waals surface area (Å²) in [6.45, 7) is 1.50. The van der Waals surface area contributed by atoms with Gasteiger partial charge in [0, 0.05) is 6.42 Å². The number of ether oxygens (including phenoxy) is 4. The quantitative estimate of drug-likeness (QED) is 0.419. The van der Waals surface area contributed by atoms with Crippen LogP contribution in [-0.4, -0.2) is 50.6 Å². The highest BCUT2D eigenvalue weighted by Crippen LogP contribution is 2.11. The molecule has 2 saturated heterocycles. The van der Waals surface area contributed by atoms with Crippen molar-refractivity contribution in [2.24, 2.45) is 0 Å². The number of esters is 1. The van der Waals surface area contributed by atoms with Gasteiger partial charge in [0.1, 0.15) is 25.9 Å². The summed E-state index contributed by atoms with van der Waals surface area (Å²) in [5.74, 6) is -0.485. The van der Waals surface area contributed by atoms with E-state index >= 15 is 0 Å². The maximum atomic E-state index is 11.2. The summed E-state index contributed by atoms with van der Waals surface area (Å²) >= 11 is 0. The van der Waals surface area contributed by atoms with Crippen LogP contribution in [0, 0.1) is 0 Å². The summed E-state index contributed by atoms with van der Waals surface area (Å²) in [5, 5.41) is 0. The van der Waals surface area contributed by atoms with Crippen LogP contribution in [-0.2, 0) is 28.5 Å². The number of carbonyl (C=O) groups excluding carboxylic acids is 2. The fourth-order valence-corrected chi connectivity index (χ4v) is 1.06. The maximum Gasteiger partial charge on any atom is 0.306 e. The molecule has 0 radical (unpaired) electrons. The topological polar surface area (TPSA) is 77.7 Å². The molecule has 2 aliphatic heterocycles. The third-order valence-electron chi connectivity index (χ3n) is 2.17. The van der Waals surface area contributed by atoms with Gasteiger partial charge in [-0.2, -0.15) is 0 Å². The Kier molecular flexibility index (Phi) is 3.87. The van der Waals surface area contributed by atoms with Crippen LogP contribution in [0.4, 0.5) is 0 Å². The lowest BCUT2D eigenvalue weighted by Crippen LogP contribution is -2.14. The fourth-order valence-electron chi connectivity index (χ4n) is 1.06. The number of epoxide rings is 2. The molecular formula is C10H14O6. The highest BCUT2D eigenvalue weighted by atomic mass is 16.8. The molecule has 0 spiro atoms. The molecule has 0 bridgehead atoms. The van der Waals surface area contributed by atoms with Crippen molar-refractivity contribution in [2.75, 3.05) is 26.4 Å². The van der Waals surface area contributed by atoms with Gasteiger partial charge in [-0.25, -0.2) is 0 Å². The van der Waals surface area contributed by atoms with Gasteiger partial charge in [0.2, 0.25) is 0 Å². The van der Waals surface area contributed by atoms with E-state index in [2.05, 4.69) is 0 Å². The lowest BCUT2D eigenvalue weighted by Gasteiger charge is -2.02. The standard InChI is InChI=1S/C10H14O6/c11-7(3-15-10-6-16-10)1-2-9(12)14-5-8-4-13-8/h8,10H,1-6H2. The van der Waals surface area contributed by atoms with Crippen molar-refractivity contribution in [2.45, 2.75) is 25.2 Å². The van der Waals surface area contributed by atoms with Crippen LogP contribution in [0.2, 0.25) is 0 Å². The molecule has 0 saturated carbocycles. The van der Waals surface area contributed by atoms with Crippen molar-refractivity contribution in [3.8, 4) is 0 Å². The second kappa shape index (κ2) is 5.38. The summed E-state index contributed by atoms with van der Waals surface area (Å²) < 4.78 is 19.5. The second-order valence-electron chi connectivity index (χ2n) is 3.75. The third kappa shape index (κ3) is 4.69. The predicted molar refractivity (Wildman–Crippen MR) is 50.6 cm³/mol. The Morgan fingerprint density at radius 1 is 1.19 bits per heavy atom. The number of rotatable bonds is 8. The number of ketones is 1. The molecule has 2 fully saturated rings. The Morgan fingerprint density at radius 3 is 2.56 bits per heavy atom. The number of carbonyl (C=O) groups is 2. The Morgan fingerprint density at radius 2 is 1.94 bits per heavy atom. The van der Waals surface area contributed by atoms with Crippen molar-refractivity contribution in [1.29, 1.82) is 0 Å². The van der Waals surface area contributed by atoms with Gasteiger partial charge in [-0.3, -0.25) is 9.59 Å². The normalized spacial score (nSPS) is 26.2. The summed E-state index contributed by atoms with van der Waals surface area (Å²) in [7, 11) is 0. The van der Waals surface area contributed by atoms with Gasteiger partial charge in [0.15, 0.2) is 12.1 Å². The SMILES string of the molecule is O=C(CCC(=O)OCC1CO1)COC1CO1. The van der Waals surface area contributed by atoms with Gasteiger partial charge < -0.3 is 18.9 Å². The van der Waals surface area contributed by atoms with E-state index in [0.29, 0.717) is 19.8 Å². The van der Waals surface area contributed by atoms with Crippen molar-refractivity contribution in [3.63, 3.8) is 0 Å². The highest BCUT2D eigenvalue weighted by molar-refractivity contribution is 5.83. The Bertz CT molecular complexity index is 240. The van der Waals surface area contributed by atoms with Gasteiger partial charge in [0.05, 0.1) is 13.0 Å². The lowest BCUT2D eigenvalue weighted by atomic mass is 10.2. The van der Waals surface area contributed by atoms with Crippen molar-refractivity contribution < 1.29 is 28.5 Å². The van der Waals surface area contributed by atoms with E-state index < -0.39 is 0 Å². The van der Waals surface area contributed by atoms with Gasteiger partial charge in [0.25, 0.3) is 0 Å². The monoisotopic (exact) mass is 230 g/mol. The molecule has 0 amide bonds. The predicted octanol–water partition coefficient (Wildman–Crippen LogP) is -0.349. The van der Waals surface area contributed by atoms with Gasteiger partial charge in [-0.15, -0.1) is 0 Å². The average molecular weight is 230 g/mol. The molecule has 0 N–H and O–H groups in total. The molecule has 16 heavy (non-hydrogen) atoms. The molecule has 0 aromatic heterocycles. The molecule has 2 rings (SSSR count). The minimum atomic E-state index is -0.369. The van der Waals surface area contributed by atoms with Crippen LogP contribution >= 0.6 is 0 Å². The highest BCUT2D eigenvalue weighted by Gasteiger charge is 2.25. The summed E-state index contributed by atoms with van der Waals surface area (Å²) in [4.78, 5) is 22.4. The third-order valence-corrected chi connectivity index (χ3v) is 2.17. The first-order chi connectivity index (χ1) is 7.74. The van der Waals surface area contributed by atoms with Crippen molar-refractivity contribution in [1.82, 2.24) is 0 Å². The van der Waals surface area contributed by atoms with E-state index in [1.165, 1.54) is 0 Å². The molecular weight excluding hydrogens is 216 g/mol. The first-order valence-electron chi connectivity index (χ1n) is 5.26. The van der Waals surface area contributed by atoms with E-state index in [1.54, 1.807) is 0 Å². The van der Waals surface area contributed by atoms with Crippen molar-refractivity contribution in [3.05, 3.63) is 0 Å². The smallest absolute Gasteiger partial charge is 0.306 e. The first-order valence-corrected chi connectivity index (χ1v) is 5.26. The second-order valence-corrected chi connectivity index (χ2v) is 3.75. The van der Waals surface area contributed by atoms with Crippen molar-refractivity contribution >= 4 is 11.8 Å². The summed E-state index contributed by atoms with van der Waals surface area (Å²) in [6.07, 6.45) is 0.0928. The molecule has 2 aliphatic rings. The number of hydrogen-bond donors (Lipinski definition) is 0. The van der Waals surface area contributed by atoms with E-state index in [9.17, 15) is 9.59 Å². The van der Waals surface area contributed by atoms with E-state index in [4.69, 9.17) is 18.9 Å². The molecule has 2 atom stereocenters. The van der Waals surface area contributed by atoms with Gasteiger partial charge in [-0.1, -0.05) is 0 Å². The molecule has 90 valence electrons. The molecule has 6 nitrogen and oxygen atoms in total. The summed E-state index contributed by atoms with van der Waals surface area (Å²) in [5.41, 5.74) is 0. The number of hydrogen-bond acceptors (Lipinski definition) is 6. The van der Waals surface area contributed by atoms with Crippen LogP contribution in [0.25, 0.3) is 0 Å². The Labute approximate surface area is 92.8 Å². The van der Waals surface area contributed by atoms with Crippen LogP contribution in [0.15, 0.2) is 0 Å². The zero-order valence-corrected chi connectivity index (χ0v) is 8.85. The average Bonchev–Trinajstić information content (AvgIpc) is 3.15. The van der Waals surface area contributed by atoms with Crippen LogP contribution in [0.1, 0.15) is 12.8 Å². The largest absolute Gasteiger partial charge is 0.463 e.